The molecule has 16 heavy (non-hydrogen) atoms. The first kappa shape index (κ1) is 11.9. The molecule has 88 valence electrons. The van der Waals surface area contributed by atoms with Crippen LogP contribution in [0.25, 0.3) is 0 Å². The van der Waals surface area contributed by atoms with Crippen LogP contribution in [0.15, 0.2) is 12.1 Å². The Morgan fingerprint density at radius 3 is 2.62 bits per heavy atom. The zero-order valence-electron chi connectivity index (χ0n) is 9.07. The van der Waals surface area contributed by atoms with Crippen molar-refractivity contribution >= 4 is 28.8 Å². The molecule has 0 bridgehead atoms. The summed E-state index contributed by atoms with van der Waals surface area (Å²) in [6.45, 7) is 3.04. The van der Waals surface area contributed by atoms with Gasteiger partial charge in [0.15, 0.2) is 0 Å². The molecule has 1 fully saturated rings. The number of halogens is 1. The SMILES string of the molecule is CC1(O)CCN(C(=O)c2ccc(Cl)s2)CC1. The Kier molecular flexibility index (Phi) is 3.24. The fourth-order valence-electron chi connectivity index (χ4n) is 1.78. The molecule has 1 saturated heterocycles. The Morgan fingerprint density at radius 1 is 1.50 bits per heavy atom. The van der Waals surface area contributed by atoms with Crippen molar-refractivity contribution in [3.05, 3.63) is 21.3 Å². The van der Waals surface area contributed by atoms with Crippen molar-refractivity contribution in [3.8, 4) is 0 Å². The number of rotatable bonds is 1. The van der Waals surface area contributed by atoms with Gasteiger partial charge >= 0.3 is 0 Å². The van der Waals surface area contributed by atoms with Gasteiger partial charge in [-0.15, -0.1) is 11.3 Å². The molecule has 0 spiro atoms. The molecule has 0 radical (unpaired) electrons. The summed E-state index contributed by atoms with van der Waals surface area (Å²) in [5.74, 6) is 0.0207. The van der Waals surface area contributed by atoms with Crippen LogP contribution in [0.3, 0.4) is 0 Å². The van der Waals surface area contributed by atoms with Crippen molar-refractivity contribution in [3.63, 3.8) is 0 Å². The Bertz CT molecular complexity index is 392. The average Bonchev–Trinajstić information content (AvgIpc) is 2.64. The first-order valence-corrected chi connectivity index (χ1v) is 6.44. The van der Waals surface area contributed by atoms with Crippen molar-refractivity contribution in [1.29, 1.82) is 0 Å². The molecule has 1 aliphatic rings. The number of amides is 1. The minimum absolute atomic E-state index is 0.0207. The van der Waals surface area contributed by atoms with Crippen LogP contribution >= 0.6 is 22.9 Å². The number of nitrogens with zero attached hydrogens (tertiary/aromatic N) is 1. The van der Waals surface area contributed by atoms with E-state index < -0.39 is 5.60 Å². The molecular weight excluding hydrogens is 246 g/mol. The standard InChI is InChI=1S/C11H14ClNO2S/c1-11(15)4-6-13(7-5-11)10(14)8-2-3-9(12)16-8/h2-3,15H,4-7H2,1H3. The lowest BCUT2D eigenvalue weighted by Crippen LogP contribution is -2.44. The van der Waals surface area contributed by atoms with Gasteiger partial charge in [0.05, 0.1) is 14.8 Å². The predicted molar refractivity (Wildman–Crippen MR) is 65.1 cm³/mol. The molecule has 3 nitrogen and oxygen atoms in total. The Morgan fingerprint density at radius 2 is 2.12 bits per heavy atom. The summed E-state index contributed by atoms with van der Waals surface area (Å²) < 4.78 is 0.632. The molecule has 5 heteroatoms. The molecule has 1 amide bonds. The zero-order valence-corrected chi connectivity index (χ0v) is 10.6. The summed E-state index contributed by atoms with van der Waals surface area (Å²) in [7, 11) is 0. The number of aliphatic hydroxyl groups is 1. The Hall–Kier alpha value is -0.580. The highest BCUT2D eigenvalue weighted by Crippen LogP contribution is 2.26. The summed E-state index contributed by atoms with van der Waals surface area (Å²) in [6.07, 6.45) is 1.27. The van der Waals surface area contributed by atoms with Crippen molar-refractivity contribution in [1.82, 2.24) is 4.90 Å². The van der Waals surface area contributed by atoms with Crippen LogP contribution in [0, 0.1) is 0 Å². The van der Waals surface area contributed by atoms with Gasteiger partial charge in [0.2, 0.25) is 0 Å². The lowest BCUT2D eigenvalue weighted by molar-refractivity contribution is -0.00187. The van der Waals surface area contributed by atoms with Gasteiger partial charge in [0.25, 0.3) is 5.91 Å². The lowest BCUT2D eigenvalue weighted by Gasteiger charge is -2.35. The monoisotopic (exact) mass is 259 g/mol. The zero-order chi connectivity index (χ0) is 11.8. The number of carbonyl (C=O) groups is 1. The summed E-state index contributed by atoms with van der Waals surface area (Å²) >= 11 is 7.10. The summed E-state index contributed by atoms with van der Waals surface area (Å²) in [5.41, 5.74) is -0.621. The van der Waals surface area contributed by atoms with Gasteiger partial charge in [-0.05, 0) is 31.9 Å². The Balaban J connectivity index is 2.02. The number of likely N-dealkylation sites (tertiary alicyclic amines) is 1. The van der Waals surface area contributed by atoms with Crippen LogP contribution in [-0.2, 0) is 0 Å². The lowest BCUT2D eigenvalue weighted by atomic mass is 9.94. The van der Waals surface area contributed by atoms with Gasteiger partial charge in [-0.2, -0.15) is 0 Å². The molecular formula is C11H14ClNO2S. The molecule has 0 aromatic carbocycles. The highest BCUT2D eigenvalue weighted by Gasteiger charge is 2.30. The van der Waals surface area contributed by atoms with Crippen LogP contribution in [0.4, 0.5) is 0 Å². The number of hydrogen-bond donors (Lipinski definition) is 1. The average molecular weight is 260 g/mol. The molecule has 0 aliphatic carbocycles. The van der Waals surface area contributed by atoms with E-state index in [-0.39, 0.29) is 5.91 Å². The van der Waals surface area contributed by atoms with Crippen LogP contribution in [-0.4, -0.2) is 34.6 Å². The van der Waals surface area contributed by atoms with Gasteiger partial charge in [0.1, 0.15) is 0 Å². The third-order valence-electron chi connectivity index (χ3n) is 2.91. The quantitative estimate of drug-likeness (QED) is 0.841. The maximum atomic E-state index is 12.0. The van der Waals surface area contributed by atoms with Gasteiger partial charge in [-0.3, -0.25) is 4.79 Å². The van der Waals surface area contributed by atoms with Crippen LogP contribution in [0.1, 0.15) is 29.4 Å². The largest absolute Gasteiger partial charge is 0.390 e. The van der Waals surface area contributed by atoms with Gasteiger partial charge < -0.3 is 10.0 Å². The van der Waals surface area contributed by atoms with Gasteiger partial charge in [0, 0.05) is 13.1 Å². The van der Waals surface area contributed by atoms with E-state index in [2.05, 4.69) is 0 Å². The Labute approximate surface area is 104 Å². The second-order valence-electron chi connectivity index (χ2n) is 4.39. The number of piperidine rings is 1. The summed E-state index contributed by atoms with van der Waals surface area (Å²) in [4.78, 5) is 14.5. The van der Waals surface area contributed by atoms with E-state index in [1.165, 1.54) is 11.3 Å². The van der Waals surface area contributed by atoms with Gasteiger partial charge in [-0.1, -0.05) is 11.6 Å². The molecule has 1 aromatic heterocycles. The fourth-order valence-corrected chi connectivity index (χ4v) is 2.79. The van der Waals surface area contributed by atoms with Crippen molar-refractivity contribution < 1.29 is 9.90 Å². The van der Waals surface area contributed by atoms with E-state index in [0.29, 0.717) is 35.1 Å². The van der Waals surface area contributed by atoms with E-state index >= 15 is 0 Å². The first-order valence-electron chi connectivity index (χ1n) is 5.25. The smallest absolute Gasteiger partial charge is 0.263 e. The molecule has 2 rings (SSSR count). The second-order valence-corrected chi connectivity index (χ2v) is 6.11. The van der Waals surface area contributed by atoms with E-state index in [1.54, 1.807) is 17.0 Å². The molecule has 0 unspecified atom stereocenters. The van der Waals surface area contributed by atoms with E-state index in [9.17, 15) is 9.90 Å². The van der Waals surface area contributed by atoms with Crippen molar-refractivity contribution in [2.24, 2.45) is 0 Å². The maximum absolute atomic E-state index is 12.0. The molecule has 2 heterocycles. The highest BCUT2D eigenvalue weighted by molar-refractivity contribution is 7.17. The number of hydrogen-bond acceptors (Lipinski definition) is 3. The minimum Gasteiger partial charge on any atom is -0.390 e. The van der Waals surface area contributed by atoms with Crippen molar-refractivity contribution in [2.75, 3.05) is 13.1 Å². The number of thiophene rings is 1. The minimum atomic E-state index is -0.621. The highest BCUT2D eigenvalue weighted by atomic mass is 35.5. The van der Waals surface area contributed by atoms with Gasteiger partial charge in [-0.25, -0.2) is 0 Å². The molecule has 1 aliphatic heterocycles. The number of carbonyl (C=O) groups excluding carboxylic acids is 1. The third-order valence-corrected chi connectivity index (χ3v) is 4.13. The van der Waals surface area contributed by atoms with Crippen LogP contribution in [0.2, 0.25) is 4.34 Å². The predicted octanol–water partition coefficient (Wildman–Crippen LogP) is 2.39. The maximum Gasteiger partial charge on any atom is 0.263 e. The summed E-state index contributed by atoms with van der Waals surface area (Å²) in [6, 6.07) is 3.49. The van der Waals surface area contributed by atoms with Crippen LogP contribution in [0.5, 0.6) is 0 Å². The molecule has 0 saturated carbocycles. The van der Waals surface area contributed by atoms with E-state index in [1.807, 2.05) is 6.92 Å². The van der Waals surface area contributed by atoms with E-state index in [0.717, 1.165) is 0 Å². The fraction of sp³-hybridized carbons (Fsp3) is 0.545. The molecule has 1 aromatic rings. The third kappa shape index (κ3) is 2.56. The first-order chi connectivity index (χ1) is 7.48. The van der Waals surface area contributed by atoms with E-state index in [4.69, 9.17) is 11.6 Å². The molecule has 0 atom stereocenters. The van der Waals surface area contributed by atoms with Crippen LogP contribution < -0.4 is 0 Å². The second kappa shape index (κ2) is 4.35. The van der Waals surface area contributed by atoms with Crippen molar-refractivity contribution in [2.45, 2.75) is 25.4 Å². The molecule has 1 N–H and O–H groups in total. The topological polar surface area (TPSA) is 40.5 Å². The summed E-state index contributed by atoms with van der Waals surface area (Å²) in [5, 5.41) is 9.79. The normalized spacial score (nSPS) is 19.8.